The van der Waals surface area contributed by atoms with E-state index in [-0.39, 0.29) is 23.9 Å². The van der Waals surface area contributed by atoms with Gasteiger partial charge in [-0.15, -0.1) is 0 Å². The number of hydrogen-bond acceptors (Lipinski definition) is 2. The Morgan fingerprint density at radius 3 is 2.39 bits per heavy atom. The number of carbonyl (C=O) groups excluding carboxylic acids is 2. The van der Waals surface area contributed by atoms with Gasteiger partial charge in [0.2, 0.25) is 11.8 Å². The van der Waals surface area contributed by atoms with Crippen LogP contribution in [-0.4, -0.2) is 35.3 Å². The topological polar surface area (TPSA) is 49.4 Å². The molecule has 0 aromatic rings. The third-order valence-corrected chi connectivity index (χ3v) is 3.54. The van der Waals surface area contributed by atoms with Crippen LogP contribution in [0.5, 0.6) is 0 Å². The summed E-state index contributed by atoms with van der Waals surface area (Å²) in [6, 6.07) is -0.561. The van der Waals surface area contributed by atoms with Gasteiger partial charge in [0.15, 0.2) is 0 Å². The number of hydrogen-bond donors (Lipinski definition) is 1. The maximum absolute atomic E-state index is 12.3. The normalized spacial score (nSPS) is 24.3. The molecule has 1 N–H and O–H groups in total. The molecule has 0 aromatic heterocycles. The highest BCUT2D eigenvalue weighted by Gasteiger charge is 2.38. The Bertz CT molecular complexity index is 292. The Balaban J connectivity index is 2.71. The summed E-state index contributed by atoms with van der Waals surface area (Å²) >= 11 is 0. The summed E-state index contributed by atoms with van der Waals surface area (Å²) in [6.07, 6.45) is 5.58. The van der Waals surface area contributed by atoms with Crippen molar-refractivity contribution in [3.63, 3.8) is 0 Å². The van der Waals surface area contributed by atoms with E-state index in [9.17, 15) is 9.59 Å². The number of nitrogens with one attached hydrogen (secondary N) is 1. The summed E-state index contributed by atoms with van der Waals surface area (Å²) < 4.78 is 0. The third-order valence-electron chi connectivity index (χ3n) is 3.54. The maximum Gasteiger partial charge on any atom is 0.245 e. The Kier molecular flexibility index (Phi) is 6.16. The van der Waals surface area contributed by atoms with Crippen LogP contribution < -0.4 is 5.32 Å². The number of carbonyl (C=O) groups is 2. The van der Waals surface area contributed by atoms with Crippen molar-refractivity contribution >= 4 is 11.8 Å². The van der Waals surface area contributed by atoms with Crippen molar-refractivity contribution in [2.45, 2.75) is 71.4 Å². The molecule has 4 nitrogen and oxygen atoms in total. The largest absolute Gasteiger partial charge is 0.343 e. The minimum absolute atomic E-state index is 0.0204. The van der Waals surface area contributed by atoms with Gasteiger partial charge in [0, 0.05) is 6.54 Å². The van der Waals surface area contributed by atoms with Crippen LogP contribution in [0.15, 0.2) is 0 Å². The van der Waals surface area contributed by atoms with E-state index >= 15 is 0 Å². The lowest BCUT2D eigenvalue weighted by molar-refractivity contribution is -0.149. The lowest BCUT2D eigenvalue weighted by Gasteiger charge is -2.38. The van der Waals surface area contributed by atoms with Crippen LogP contribution in [0.1, 0.15) is 59.3 Å². The van der Waals surface area contributed by atoms with Crippen molar-refractivity contribution in [1.29, 1.82) is 0 Å². The predicted molar refractivity (Wildman–Crippen MR) is 72.2 cm³/mol. The second-order valence-electron chi connectivity index (χ2n) is 5.01. The molecule has 0 saturated carbocycles. The molecule has 1 aliphatic rings. The highest BCUT2D eigenvalue weighted by Crippen LogP contribution is 2.16. The monoisotopic (exact) mass is 254 g/mol. The van der Waals surface area contributed by atoms with E-state index in [4.69, 9.17) is 0 Å². The molecule has 1 fully saturated rings. The van der Waals surface area contributed by atoms with Crippen LogP contribution >= 0.6 is 0 Å². The van der Waals surface area contributed by atoms with Crippen molar-refractivity contribution in [3.05, 3.63) is 0 Å². The first-order chi connectivity index (χ1) is 8.65. The van der Waals surface area contributed by atoms with E-state index in [1.54, 1.807) is 4.90 Å². The molecule has 0 radical (unpaired) electrons. The quantitative estimate of drug-likeness (QED) is 0.707. The summed E-state index contributed by atoms with van der Waals surface area (Å²) in [5.74, 6) is 0.131. The molecule has 4 heteroatoms. The van der Waals surface area contributed by atoms with Crippen LogP contribution in [0.4, 0.5) is 0 Å². The Morgan fingerprint density at radius 1 is 1.11 bits per heavy atom. The molecule has 2 atom stereocenters. The fourth-order valence-electron chi connectivity index (χ4n) is 2.51. The van der Waals surface area contributed by atoms with Gasteiger partial charge in [0.05, 0.1) is 0 Å². The van der Waals surface area contributed by atoms with Gasteiger partial charge in [-0.25, -0.2) is 0 Å². The number of piperazine rings is 1. The van der Waals surface area contributed by atoms with Gasteiger partial charge in [-0.05, 0) is 19.3 Å². The zero-order chi connectivity index (χ0) is 13.5. The van der Waals surface area contributed by atoms with Crippen LogP contribution in [0.2, 0.25) is 0 Å². The van der Waals surface area contributed by atoms with Gasteiger partial charge in [-0.3, -0.25) is 9.59 Å². The fourth-order valence-corrected chi connectivity index (χ4v) is 2.51. The summed E-state index contributed by atoms with van der Waals surface area (Å²) in [5, 5.41) is 2.86. The molecule has 1 aliphatic heterocycles. The van der Waals surface area contributed by atoms with Crippen molar-refractivity contribution in [3.8, 4) is 0 Å². The number of rotatable bonds is 7. The Morgan fingerprint density at radius 2 is 1.83 bits per heavy atom. The molecule has 0 spiro atoms. The lowest BCUT2D eigenvalue weighted by atomic mass is 10.0. The summed E-state index contributed by atoms with van der Waals surface area (Å²) in [5.41, 5.74) is 0. The molecule has 2 amide bonds. The Hall–Kier alpha value is -1.06. The van der Waals surface area contributed by atoms with E-state index in [2.05, 4.69) is 12.2 Å². The highest BCUT2D eigenvalue weighted by atomic mass is 16.2. The van der Waals surface area contributed by atoms with Gasteiger partial charge in [-0.1, -0.05) is 40.0 Å². The van der Waals surface area contributed by atoms with Gasteiger partial charge in [0.1, 0.15) is 12.1 Å². The first-order valence-corrected chi connectivity index (χ1v) is 7.26. The van der Waals surface area contributed by atoms with Crippen LogP contribution in [0.3, 0.4) is 0 Å². The van der Waals surface area contributed by atoms with E-state index in [0.717, 1.165) is 38.6 Å². The maximum atomic E-state index is 12.3. The first-order valence-electron chi connectivity index (χ1n) is 7.26. The second kappa shape index (κ2) is 7.39. The van der Waals surface area contributed by atoms with Crippen molar-refractivity contribution < 1.29 is 9.59 Å². The molecule has 104 valence electrons. The molecular formula is C14H26N2O2. The smallest absolute Gasteiger partial charge is 0.245 e. The van der Waals surface area contributed by atoms with E-state index in [1.807, 2.05) is 13.8 Å². The molecule has 1 rings (SSSR count). The number of nitrogens with zero attached hydrogens (tertiary/aromatic N) is 1. The van der Waals surface area contributed by atoms with E-state index in [0.29, 0.717) is 6.42 Å². The molecule has 1 heterocycles. The third kappa shape index (κ3) is 3.47. The molecule has 2 unspecified atom stereocenters. The Labute approximate surface area is 110 Å². The van der Waals surface area contributed by atoms with Gasteiger partial charge < -0.3 is 10.2 Å². The van der Waals surface area contributed by atoms with Crippen LogP contribution in [0, 0.1) is 0 Å². The van der Waals surface area contributed by atoms with E-state index < -0.39 is 0 Å². The highest BCUT2D eigenvalue weighted by molar-refractivity contribution is 5.96. The molecule has 0 aromatic carbocycles. The molecule has 1 saturated heterocycles. The lowest BCUT2D eigenvalue weighted by Crippen LogP contribution is -2.63. The SMILES string of the molecule is CCCCCN1C(=O)C(CCC)NC(=O)C1CC. The minimum atomic E-state index is -0.299. The van der Waals surface area contributed by atoms with Crippen molar-refractivity contribution in [2.24, 2.45) is 0 Å². The van der Waals surface area contributed by atoms with Crippen molar-refractivity contribution in [1.82, 2.24) is 10.2 Å². The number of amides is 2. The first kappa shape index (κ1) is 15.0. The molecule has 0 bridgehead atoms. The minimum Gasteiger partial charge on any atom is -0.343 e. The summed E-state index contributed by atoms with van der Waals surface area (Å²) in [4.78, 5) is 26.1. The van der Waals surface area contributed by atoms with Gasteiger partial charge >= 0.3 is 0 Å². The summed E-state index contributed by atoms with van der Waals surface area (Å²) in [6.45, 7) is 6.86. The average molecular weight is 254 g/mol. The van der Waals surface area contributed by atoms with Gasteiger partial charge in [-0.2, -0.15) is 0 Å². The number of unbranched alkanes of at least 4 members (excludes halogenated alkanes) is 2. The fraction of sp³-hybridized carbons (Fsp3) is 0.857. The second-order valence-corrected chi connectivity index (χ2v) is 5.01. The summed E-state index contributed by atoms with van der Waals surface area (Å²) in [7, 11) is 0. The van der Waals surface area contributed by atoms with Gasteiger partial charge in [0.25, 0.3) is 0 Å². The van der Waals surface area contributed by atoms with Crippen LogP contribution in [0.25, 0.3) is 0 Å². The standard InChI is InChI=1S/C14H26N2O2/c1-4-7-8-10-16-12(6-3)13(17)15-11(9-5-2)14(16)18/h11-12H,4-10H2,1-3H3,(H,15,17). The van der Waals surface area contributed by atoms with E-state index in [1.165, 1.54) is 0 Å². The zero-order valence-electron chi connectivity index (χ0n) is 11.9. The molecular weight excluding hydrogens is 228 g/mol. The predicted octanol–water partition coefficient (Wildman–Crippen LogP) is 2.08. The van der Waals surface area contributed by atoms with Crippen LogP contribution in [-0.2, 0) is 9.59 Å². The zero-order valence-corrected chi connectivity index (χ0v) is 11.9. The molecule has 0 aliphatic carbocycles. The average Bonchev–Trinajstić information content (AvgIpc) is 2.35. The molecule has 18 heavy (non-hydrogen) atoms. The van der Waals surface area contributed by atoms with Crippen molar-refractivity contribution in [2.75, 3.05) is 6.54 Å².